The molecule has 1 aliphatic heterocycles. The van der Waals surface area contributed by atoms with Crippen LogP contribution in [0.2, 0.25) is 0 Å². The van der Waals surface area contributed by atoms with Crippen LogP contribution in [0.5, 0.6) is 0 Å². The summed E-state index contributed by atoms with van der Waals surface area (Å²) in [6.45, 7) is 1.11. The Morgan fingerprint density at radius 1 is 1.04 bits per heavy atom. The molecule has 1 N–H and O–H groups in total. The normalized spacial score (nSPS) is 19.0. The van der Waals surface area contributed by atoms with Gasteiger partial charge in [-0.15, -0.1) is 0 Å². The van der Waals surface area contributed by atoms with Gasteiger partial charge in [-0.1, -0.05) is 53.4 Å². The predicted octanol–water partition coefficient (Wildman–Crippen LogP) is 4.55. The number of anilines is 1. The summed E-state index contributed by atoms with van der Waals surface area (Å²) < 4.78 is 29.0. The fourth-order valence-corrected chi connectivity index (χ4v) is 6.08. The molecule has 0 atom stereocenters. The molecular weight excluding hydrogens is 412 g/mol. The standard InChI is InChI=1S/C20H23BrN2O2S/c21-15-10-11-19-18(14-15)17-8-4-5-9-20(17)26(24,25)23(19)13-12-22-16-6-2-1-3-7-16/h4-5,8-11,14,16,22H,1-3,6-7,12-13H2. The van der Waals surface area contributed by atoms with Gasteiger partial charge in [0.05, 0.1) is 10.6 Å². The maximum absolute atomic E-state index is 13.2. The quantitative estimate of drug-likeness (QED) is 0.767. The van der Waals surface area contributed by atoms with Crippen molar-refractivity contribution in [3.05, 3.63) is 46.9 Å². The van der Waals surface area contributed by atoms with Gasteiger partial charge < -0.3 is 5.32 Å². The highest BCUT2D eigenvalue weighted by Crippen LogP contribution is 2.43. The monoisotopic (exact) mass is 434 g/mol. The number of sulfonamides is 1. The Morgan fingerprint density at radius 2 is 1.81 bits per heavy atom. The molecule has 0 radical (unpaired) electrons. The van der Waals surface area contributed by atoms with Crippen molar-refractivity contribution in [3.63, 3.8) is 0 Å². The molecule has 1 heterocycles. The van der Waals surface area contributed by atoms with Crippen molar-refractivity contribution < 1.29 is 8.42 Å². The third-order valence-corrected chi connectivity index (χ3v) is 7.69. The molecule has 0 aromatic heterocycles. The van der Waals surface area contributed by atoms with Gasteiger partial charge in [-0.05, 0) is 37.1 Å². The molecule has 6 heteroatoms. The second-order valence-electron chi connectivity index (χ2n) is 7.02. The second kappa shape index (κ2) is 7.33. The fourth-order valence-electron chi connectivity index (χ4n) is 4.02. The van der Waals surface area contributed by atoms with E-state index in [0.717, 1.165) is 21.3 Å². The van der Waals surface area contributed by atoms with E-state index in [2.05, 4.69) is 21.2 Å². The molecule has 0 saturated heterocycles. The van der Waals surface area contributed by atoms with Crippen LogP contribution in [0.15, 0.2) is 51.8 Å². The topological polar surface area (TPSA) is 49.4 Å². The van der Waals surface area contributed by atoms with E-state index in [1.165, 1.54) is 32.1 Å². The minimum absolute atomic E-state index is 0.392. The summed E-state index contributed by atoms with van der Waals surface area (Å²) >= 11 is 3.52. The van der Waals surface area contributed by atoms with Crippen LogP contribution in [0, 0.1) is 0 Å². The Hall–Kier alpha value is -1.37. The Labute approximate surface area is 163 Å². The molecule has 1 aliphatic carbocycles. The smallest absolute Gasteiger partial charge is 0.265 e. The number of halogens is 1. The van der Waals surface area contributed by atoms with E-state index < -0.39 is 10.0 Å². The molecule has 138 valence electrons. The zero-order valence-electron chi connectivity index (χ0n) is 14.6. The Kier molecular flexibility index (Phi) is 5.08. The van der Waals surface area contributed by atoms with E-state index in [0.29, 0.717) is 24.0 Å². The SMILES string of the molecule is O=S1(=O)c2ccccc2-c2cc(Br)ccc2N1CCNC1CCCCC1. The number of hydrogen-bond acceptors (Lipinski definition) is 3. The predicted molar refractivity (Wildman–Crippen MR) is 109 cm³/mol. The Bertz CT molecular complexity index is 908. The van der Waals surface area contributed by atoms with Gasteiger partial charge in [-0.3, -0.25) is 4.31 Å². The molecular formula is C20H23BrN2O2S. The fraction of sp³-hybridized carbons (Fsp3) is 0.400. The molecule has 1 saturated carbocycles. The lowest BCUT2D eigenvalue weighted by Crippen LogP contribution is -2.42. The molecule has 0 unspecified atom stereocenters. The molecule has 4 rings (SSSR count). The molecule has 2 aliphatic rings. The summed E-state index contributed by atoms with van der Waals surface area (Å²) in [6.07, 6.45) is 6.24. The first-order valence-corrected chi connectivity index (χ1v) is 11.5. The van der Waals surface area contributed by atoms with Crippen molar-refractivity contribution in [2.24, 2.45) is 0 Å². The van der Waals surface area contributed by atoms with Gasteiger partial charge in [0.25, 0.3) is 10.0 Å². The number of rotatable bonds is 4. The minimum Gasteiger partial charge on any atom is -0.312 e. The summed E-state index contributed by atoms with van der Waals surface area (Å²) in [4.78, 5) is 0.392. The van der Waals surface area contributed by atoms with Crippen molar-refractivity contribution in [2.75, 3.05) is 17.4 Å². The van der Waals surface area contributed by atoms with Gasteiger partial charge in [-0.25, -0.2) is 8.42 Å². The van der Waals surface area contributed by atoms with Crippen LogP contribution in [0.1, 0.15) is 32.1 Å². The average Bonchev–Trinajstić information content (AvgIpc) is 2.66. The van der Waals surface area contributed by atoms with Gasteiger partial charge in [-0.2, -0.15) is 0 Å². The van der Waals surface area contributed by atoms with Crippen LogP contribution in [-0.2, 0) is 10.0 Å². The van der Waals surface area contributed by atoms with Crippen molar-refractivity contribution in [2.45, 2.75) is 43.0 Å². The zero-order valence-corrected chi connectivity index (χ0v) is 17.0. The largest absolute Gasteiger partial charge is 0.312 e. The molecule has 0 amide bonds. The lowest BCUT2D eigenvalue weighted by atomic mass is 9.95. The summed E-state index contributed by atoms with van der Waals surface area (Å²) in [5.74, 6) is 0. The second-order valence-corrected chi connectivity index (χ2v) is 9.77. The van der Waals surface area contributed by atoms with Gasteiger partial charge in [0.1, 0.15) is 0 Å². The van der Waals surface area contributed by atoms with Crippen LogP contribution in [0.25, 0.3) is 11.1 Å². The van der Waals surface area contributed by atoms with Gasteiger partial charge in [0, 0.05) is 34.7 Å². The first-order chi connectivity index (χ1) is 12.6. The Balaban J connectivity index is 1.64. The molecule has 0 bridgehead atoms. The third kappa shape index (κ3) is 3.30. The van der Waals surface area contributed by atoms with E-state index in [1.807, 2.05) is 30.3 Å². The number of nitrogens with one attached hydrogen (secondary N) is 1. The van der Waals surface area contributed by atoms with Gasteiger partial charge in [0.2, 0.25) is 0 Å². The van der Waals surface area contributed by atoms with Crippen LogP contribution in [0.3, 0.4) is 0 Å². The van der Waals surface area contributed by atoms with E-state index in [4.69, 9.17) is 0 Å². The highest BCUT2D eigenvalue weighted by Gasteiger charge is 2.34. The minimum atomic E-state index is -3.53. The first kappa shape index (κ1) is 18.0. The molecule has 2 aromatic carbocycles. The number of benzene rings is 2. The van der Waals surface area contributed by atoms with Crippen molar-refractivity contribution in [3.8, 4) is 11.1 Å². The third-order valence-electron chi connectivity index (χ3n) is 5.33. The van der Waals surface area contributed by atoms with E-state index in [1.54, 1.807) is 16.4 Å². The van der Waals surface area contributed by atoms with Crippen molar-refractivity contribution in [1.29, 1.82) is 0 Å². The maximum atomic E-state index is 13.2. The first-order valence-electron chi connectivity index (χ1n) is 9.22. The molecule has 0 spiro atoms. The lowest BCUT2D eigenvalue weighted by Gasteiger charge is -2.33. The van der Waals surface area contributed by atoms with E-state index in [-0.39, 0.29) is 0 Å². The van der Waals surface area contributed by atoms with Crippen LogP contribution in [-0.4, -0.2) is 27.5 Å². The van der Waals surface area contributed by atoms with Crippen molar-refractivity contribution in [1.82, 2.24) is 5.32 Å². The zero-order chi connectivity index (χ0) is 18.1. The van der Waals surface area contributed by atoms with Crippen LogP contribution < -0.4 is 9.62 Å². The highest BCUT2D eigenvalue weighted by molar-refractivity contribution is 9.10. The summed E-state index contributed by atoms with van der Waals surface area (Å²) in [5.41, 5.74) is 2.50. The van der Waals surface area contributed by atoms with Gasteiger partial charge >= 0.3 is 0 Å². The van der Waals surface area contributed by atoms with E-state index in [9.17, 15) is 8.42 Å². The van der Waals surface area contributed by atoms with Crippen LogP contribution >= 0.6 is 15.9 Å². The number of fused-ring (bicyclic) bond motifs is 3. The number of nitrogens with zero attached hydrogens (tertiary/aromatic N) is 1. The summed E-state index contributed by atoms with van der Waals surface area (Å²) in [5, 5.41) is 3.56. The molecule has 4 nitrogen and oxygen atoms in total. The van der Waals surface area contributed by atoms with Crippen LogP contribution in [0.4, 0.5) is 5.69 Å². The van der Waals surface area contributed by atoms with Crippen molar-refractivity contribution >= 4 is 31.6 Å². The van der Waals surface area contributed by atoms with Gasteiger partial charge in [0.15, 0.2) is 0 Å². The summed E-state index contributed by atoms with van der Waals surface area (Å²) in [6, 6.07) is 13.6. The average molecular weight is 435 g/mol. The maximum Gasteiger partial charge on any atom is 0.265 e. The van der Waals surface area contributed by atoms with E-state index >= 15 is 0 Å². The lowest BCUT2D eigenvalue weighted by molar-refractivity contribution is 0.377. The molecule has 26 heavy (non-hydrogen) atoms. The summed E-state index contributed by atoms with van der Waals surface area (Å²) in [7, 11) is -3.53. The Morgan fingerprint density at radius 3 is 2.62 bits per heavy atom. The highest BCUT2D eigenvalue weighted by atomic mass is 79.9. The molecule has 2 aromatic rings. The molecule has 1 fully saturated rings. The number of hydrogen-bond donors (Lipinski definition) is 1.